The van der Waals surface area contributed by atoms with Gasteiger partial charge in [-0.3, -0.25) is 15.1 Å². The minimum absolute atomic E-state index is 0.0440. The molecule has 1 fully saturated rings. The number of carbonyl (C=O) groups excluding carboxylic acids is 2. The molecule has 1 aliphatic heterocycles. The Hall–Kier alpha value is -2.98. The molecule has 9 nitrogen and oxygen atoms in total. The van der Waals surface area contributed by atoms with E-state index in [1.54, 1.807) is 48.7 Å². The molecule has 0 atom stereocenters. The zero-order valence-corrected chi connectivity index (χ0v) is 15.9. The second kappa shape index (κ2) is 8.36. The van der Waals surface area contributed by atoms with Crippen LogP contribution in [-0.4, -0.2) is 54.8 Å². The van der Waals surface area contributed by atoms with Crippen LogP contribution in [0, 0.1) is 0 Å². The number of nitrogen functional groups attached to an aromatic ring is 1. The lowest BCUT2D eigenvalue weighted by molar-refractivity contribution is 0.0953. The van der Waals surface area contributed by atoms with E-state index in [2.05, 4.69) is 10.4 Å². The van der Waals surface area contributed by atoms with Crippen molar-refractivity contribution < 1.29 is 18.0 Å². The molecule has 0 unspecified atom stereocenters. The molecule has 1 aromatic carbocycles. The van der Waals surface area contributed by atoms with Crippen molar-refractivity contribution in [1.29, 1.82) is 0 Å². The fraction of sp³-hybridized carbons (Fsp3) is 0.278. The Morgan fingerprint density at radius 2 is 1.79 bits per heavy atom. The lowest BCUT2D eigenvalue weighted by Gasteiger charge is -2.32. The van der Waals surface area contributed by atoms with Crippen molar-refractivity contribution in [2.45, 2.75) is 6.54 Å². The number of aromatic nitrogens is 1. The molecule has 1 saturated heterocycles. The fourth-order valence-electron chi connectivity index (χ4n) is 2.86. The number of hydrogen-bond acceptors (Lipinski definition) is 6. The highest BCUT2D eigenvalue weighted by atomic mass is 32.2. The first-order chi connectivity index (χ1) is 13.4. The number of amides is 3. The zero-order chi connectivity index (χ0) is 20.1. The van der Waals surface area contributed by atoms with E-state index in [-0.39, 0.29) is 37.2 Å². The maximum Gasteiger partial charge on any atom is 0.326 e. The van der Waals surface area contributed by atoms with E-state index in [9.17, 15) is 18.0 Å². The Labute approximate surface area is 163 Å². The minimum atomic E-state index is -3.09. The van der Waals surface area contributed by atoms with Crippen LogP contribution in [0.3, 0.4) is 0 Å². The van der Waals surface area contributed by atoms with Crippen LogP contribution >= 0.6 is 0 Å². The third-order valence-electron chi connectivity index (χ3n) is 4.46. The van der Waals surface area contributed by atoms with Gasteiger partial charge in [-0.15, -0.1) is 0 Å². The summed E-state index contributed by atoms with van der Waals surface area (Å²) in [6, 6.07) is 11.6. The molecule has 0 saturated carbocycles. The Bertz CT molecular complexity index is 934. The number of hydrazine groups is 1. The normalized spacial score (nSPS) is 15.7. The van der Waals surface area contributed by atoms with Gasteiger partial charge in [-0.25, -0.2) is 24.0 Å². The van der Waals surface area contributed by atoms with Gasteiger partial charge in [0.25, 0.3) is 5.91 Å². The summed E-state index contributed by atoms with van der Waals surface area (Å²) in [6.45, 7) is 0.532. The van der Waals surface area contributed by atoms with Crippen LogP contribution in [0.5, 0.6) is 0 Å². The van der Waals surface area contributed by atoms with Gasteiger partial charge in [-0.1, -0.05) is 18.2 Å². The average Bonchev–Trinajstić information content (AvgIpc) is 2.72. The first-order valence-electron chi connectivity index (χ1n) is 8.67. The molecule has 28 heavy (non-hydrogen) atoms. The lowest BCUT2D eigenvalue weighted by atomic mass is 10.1. The summed E-state index contributed by atoms with van der Waals surface area (Å²) >= 11 is 0. The summed E-state index contributed by atoms with van der Waals surface area (Å²) in [4.78, 5) is 31.9. The van der Waals surface area contributed by atoms with Crippen molar-refractivity contribution in [1.82, 2.24) is 15.3 Å². The van der Waals surface area contributed by atoms with Crippen LogP contribution in [-0.2, 0) is 16.4 Å². The van der Waals surface area contributed by atoms with E-state index in [0.717, 1.165) is 5.56 Å². The monoisotopic (exact) mass is 403 g/mol. The minimum Gasteiger partial charge on any atom is -0.322 e. The molecule has 148 valence electrons. The van der Waals surface area contributed by atoms with Gasteiger partial charge in [0.2, 0.25) is 0 Å². The topological polar surface area (TPSA) is 126 Å². The fourth-order valence-corrected chi connectivity index (χ4v) is 4.06. The number of anilines is 1. The van der Waals surface area contributed by atoms with Crippen LogP contribution in [0.4, 0.5) is 10.6 Å². The molecule has 0 bridgehead atoms. The number of nitrogens with one attached hydrogen (secondary N) is 1. The van der Waals surface area contributed by atoms with Crippen LogP contribution in [0.25, 0.3) is 0 Å². The van der Waals surface area contributed by atoms with Crippen molar-refractivity contribution in [2.24, 2.45) is 5.84 Å². The first kappa shape index (κ1) is 19.8. The van der Waals surface area contributed by atoms with E-state index in [4.69, 9.17) is 5.84 Å². The number of nitrogens with zero attached hydrogens (tertiary/aromatic N) is 3. The first-order valence-corrected chi connectivity index (χ1v) is 10.5. The number of urea groups is 1. The molecule has 10 heteroatoms. The smallest absolute Gasteiger partial charge is 0.322 e. The summed E-state index contributed by atoms with van der Waals surface area (Å²) in [5, 5.41) is 0. The summed E-state index contributed by atoms with van der Waals surface area (Å²) in [5.74, 6) is 5.10. The third kappa shape index (κ3) is 4.65. The van der Waals surface area contributed by atoms with Crippen molar-refractivity contribution in [3.63, 3.8) is 0 Å². The standard InChI is InChI=1S/C18H21N5O4S/c19-21-17(24)15-6-4-14(5-7-15)13-23(16-3-1-2-8-20-16)18(25)22-9-11-28(26,27)12-10-22/h1-8H,9-13,19H2,(H,21,24). The van der Waals surface area contributed by atoms with Crippen LogP contribution in [0.1, 0.15) is 15.9 Å². The lowest BCUT2D eigenvalue weighted by Crippen LogP contribution is -2.50. The molecular weight excluding hydrogens is 382 g/mol. The van der Waals surface area contributed by atoms with Gasteiger partial charge in [0.05, 0.1) is 18.1 Å². The summed E-state index contributed by atoms with van der Waals surface area (Å²) in [6.07, 6.45) is 1.59. The average molecular weight is 403 g/mol. The van der Waals surface area contributed by atoms with E-state index in [1.165, 1.54) is 9.80 Å². The Kier molecular flexibility index (Phi) is 5.90. The third-order valence-corrected chi connectivity index (χ3v) is 6.07. The van der Waals surface area contributed by atoms with E-state index >= 15 is 0 Å². The van der Waals surface area contributed by atoms with Crippen LogP contribution in [0.2, 0.25) is 0 Å². The number of hydrogen-bond donors (Lipinski definition) is 2. The van der Waals surface area contributed by atoms with Gasteiger partial charge < -0.3 is 4.90 Å². The maximum absolute atomic E-state index is 13.1. The van der Waals surface area contributed by atoms with Crippen LogP contribution in [0.15, 0.2) is 48.7 Å². The molecule has 0 spiro atoms. The van der Waals surface area contributed by atoms with E-state index < -0.39 is 15.7 Å². The Balaban J connectivity index is 1.82. The Morgan fingerprint density at radius 3 is 2.36 bits per heavy atom. The van der Waals surface area contributed by atoms with E-state index in [1.807, 2.05) is 0 Å². The maximum atomic E-state index is 13.1. The van der Waals surface area contributed by atoms with Gasteiger partial charge in [-0.05, 0) is 29.8 Å². The molecule has 0 aliphatic carbocycles. The van der Waals surface area contributed by atoms with Crippen LogP contribution < -0.4 is 16.2 Å². The van der Waals surface area contributed by atoms with Crippen molar-refractivity contribution in [2.75, 3.05) is 29.5 Å². The van der Waals surface area contributed by atoms with Gasteiger partial charge in [0.15, 0.2) is 9.84 Å². The number of sulfone groups is 1. The number of rotatable bonds is 4. The summed E-state index contributed by atoms with van der Waals surface area (Å²) < 4.78 is 23.3. The number of carbonyl (C=O) groups is 2. The molecule has 1 aromatic heterocycles. The molecule has 3 N–H and O–H groups in total. The molecule has 3 rings (SSSR count). The highest BCUT2D eigenvalue weighted by Gasteiger charge is 2.29. The largest absolute Gasteiger partial charge is 0.326 e. The Morgan fingerprint density at radius 1 is 1.11 bits per heavy atom. The summed E-state index contributed by atoms with van der Waals surface area (Å²) in [5.41, 5.74) is 3.26. The summed E-state index contributed by atoms with van der Waals surface area (Å²) in [7, 11) is -3.09. The number of nitrogens with two attached hydrogens (primary N) is 1. The van der Waals surface area contributed by atoms with E-state index in [0.29, 0.717) is 11.4 Å². The van der Waals surface area contributed by atoms with Gasteiger partial charge in [-0.2, -0.15) is 0 Å². The molecule has 1 aliphatic rings. The highest BCUT2D eigenvalue weighted by Crippen LogP contribution is 2.18. The number of benzene rings is 1. The van der Waals surface area contributed by atoms with Crippen molar-refractivity contribution >= 4 is 27.6 Å². The predicted molar refractivity (Wildman–Crippen MR) is 104 cm³/mol. The second-order valence-corrected chi connectivity index (χ2v) is 8.67. The van der Waals surface area contributed by atoms with Gasteiger partial charge in [0, 0.05) is 24.8 Å². The molecule has 3 amide bonds. The number of pyridine rings is 1. The van der Waals surface area contributed by atoms with Crippen molar-refractivity contribution in [3.8, 4) is 0 Å². The molecule has 0 radical (unpaired) electrons. The van der Waals surface area contributed by atoms with Gasteiger partial charge >= 0.3 is 6.03 Å². The highest BCUT2D eigenvalue weighted by molar-refractivity contribution is 7.91. The second-order valence-electron chi connectivity index (χ2n) is 6.37. The predicted octanol–water partition coefficient (Wildman–Crippen LogP) is 0.542. The van der Waals surface area contributed by atoms with Gasteiger partial charge in [0.1, 0.15) is 5.82 Å². The molecule has 2 aromatic rings. The zero-order valence-electron chi connectivity index (χ0n) is 15.1. The molecule has 2 heterocycles. The quantitative estimate of drug-likeness (QED) is 0.436. The molecular formula is C18H21N5O4S. The SMILES string of the molecule is NNC(=O)c1ccc(CN(C(=O)N2CCS(=O)(=O)CC2)c2ccccn2)cc1. The van der Waals surface area contributed by atoms with Crippen molar-refractivity contribution in [3.05, 3.63) is 59.8 Å².